The van der Waals surface area contributed by atoms with Gasteiger partial charge in [0.15, 0.2) is 0 Å². The minimum Gasteiger partial charge on any atom is -0.348 e. The third kappa shape index (κ3) is 4.92. The molecule has 0 saturated carbocycles. The van der Waals surface area contributed by atoms with Gasteiger partial charge in [-0.1, -0.05) is 24.3 Å². The molecule has 1 aliphatic heterocycles. The predicted octanol–water partition coefficient (Wildman–Crippen LogP) is 2.88. The number of nitrogens with zero attached hydrogens (tertiary/aromatic N) is 4. The first kappa shape index (κ1) is 19.8. The van der Waals surface area contributed by atoms with Crippen LogP contribution in [0.1, 0.15) is 51.1 Å². The number of likely N-dealkylation sites (tertiary alicyclic amines) is 1. The van der Waals surface area contributed by atoms with Crippen LogP contribution in [0.2, 0.25) is 0 Å². The molecule has 0 unspecified atom stereocenters. The summed E-state index contributed by atoms with van der Waals surface area (Å²) in [5.74, 6) is -0.0686. The molecule has 1 fully saturated rings. The van der Waals surface area contributed by atoms with Crippen molar-refractivity contribution in [3.05, 3.63) is 83.4 Å². The van der Waals surface area contributed by atoms with E-state index < -0.39 is 0 Å². The maximum atomic E-state index is 12.7. The van der Waals surface area contributed by atoms with Gasteiger partial charge >= 0.3 is 0 Å². The largest absolute Gasteiger partial charge is 0.348 e. The molecule has 2 amide bonds. The average Bonchev–Trinajstić information content (AvgIpc) is 3.31. The SMILES string of the molecule is O=C(NCc1cccc(C(=O)N2CCCCC2)c1)c1ccc(Cn2cncn2)cc1. The zero-order chi connectivity index (χ0) is 20.8. The molecule has 0 spiro atoms. The summed E-state index contributed by atoms with van der Waals surface area (Å²) in [7, 11) is 0. The van der Waals surface area contributed by atoms with Crippen molar-refractivity contribution in [2.24, 2.45) is 0 Å². The molecule has 4 rings (SSSR count). The van der Waals surface area contributed by atoms with E-state index in [1.165, 1.54) is 12.7 Å². The molecule has 1 aromatic heterocycles. The number of aromatic nitrogens is 3. The lowest BCUT2D eigenvalue weighted by Gasteiger charge is -2.26. The number of nitrogens with one attached hydrogen (secondary N) is 1. The van der Waals surface area contributed by atoms with Crippen LogP contribution in [-0.2, 0) is 13.1 Å². The van der Waals surface area contributed by atoms with Gasteiger partial charge in [-0.25, -0.2) is 9.67 Å². The van der Waals surface area contributed by atoms with Crippen LogP contribution in [0, 0.1) is 0 Å². The van der Waals surface area contributed by atoms with Gasteiger partial charge in [0.25, 0.3) is 11.8 Å². The minimum atomic E-state index is -0.143. The lowest BCUT2D eigenvalue weighted by Crippen LogP contribution is -2.35. The van der Waals surface area contributed by atoms with E-state index >= 15 is 0 Å². The number of rotatable bonds is 6. The van der Waals surface area contributed by atoms with Gasteiger partial charge in [-0.3, -0.25) is 9.59 Å². The van der Waals surface area contributed by atoms with Crippen LogP contribution in [0.3, 0.4) is 0 Å². The molecule has 154 valence electrons. The smallest absolute Gasteiger partial charge is 0.253 e. The Morgan fingerprint density at radius 1 is 0.933 bits per heavy atom. The monoisotopic (exact) mass is 403 g/mol. The summed E-state index contributed by atoms with van der Waals surface area (Å²) >= 11 is 0. The molecule has 1 aliphatic rings. The summed E-state index contributed by atoms with van der Waals surface area (Å²) < 4.78 is 1.73. The van der Waals surface area contributed by atoms with E-state index in [1.807, 2.05) is 41.3 Å². The second-order valence-electron chi connectivity index (χ2n) is 7.53. The summed E-state index contributed by atoms with van der Waals surface area (Å²) in [5.41, 5.74) is 3.23. The van der Waals surface area contributed by atoms with Gasteiger partial charge < -0.3 is 10.2 Å². The van der Waals surface area contributed by atoms with Crippen molar-refractivity contribution in [2.75, 3.05) is 13.1 Å². The highest BCUT2D eigenvalue weighted by atomic mass is 16.2. The lowest BCUT2D eigenvalue weighted by molar-refractivity contribution is 0.0724. The van der Waals surface area contributed by atoms with Crippen LogP contribution in [0.15, 0.2) is 61.2 Å². The first-order valence-corrected chi connectivity index (χ1v) is 10.3. The Morgan fingerprint density at radius 2 is 1.73 bits per heavy atom. The van der Waals surface area contributed by atoms with E-state index in [4.69, 9.17) is 0 Å². The average molecular weight is 403 g/mol. The topological polar surface area (TPSA) is 80.1 Å². The van der Waals surface area contributed by atoms with Crippen molar-refractivity contribution >= 4 is 11.8 Å². The van der Waals surface area contributed by atoms with Crippen LogP contribution < -0.4 is 5.32 Å². The highest BCUT2D eigenvalue weighted by molar-refractivity contribution is 5.95. The highest BCUT2D eigenvalue weighted by Gasteiger charge is 2.18. The predicted molar refractivity (Wildman–Crippen MR) is 113 cm³/mol. The maximum absolute atomic E-state index is 12.7. The highest BCUT2D eigenvalue weighted by Crippen LogP contribution is 2.14. The Balaban J connectivity index is 1.34. The molecular weight excluding hydrogens is 378 g/mol. The van der Waals surface area contributed by atoms with Gasteiger partial charge in [0.2, 0.25) is 0 Å². The van der Waals surface area contributed by atoms with Gasteiger partial charge in [0.05, 0.1) is 6.54 Å². The summed E-state index contributed by atoms with van der Waals surface area (Å²) in [6.07, 6.45) is 6.48. The fraction of sp³-hybridized carbons (Fsp3) is 0.304. The van der Waals surface area contributed by atoms with E-state index in [0.717, 1.165) is 37.1 Å². The Labute approximate surface area is 175 Å². The number of amides is 2. The van der Waals surface area contributed by atoms with Crippen molar-refractivity contribution in [1.29, 1.82) is 0 Å². The lowest BCUT2D eigenvalue weighted by atomic mass is 10.1. The van der Waals surface area contributed by atoms with Crippen molar-refractivity contribution in [3.8, 4) is 0 Å². The van der Waals surface area contributed by atoms with Gasteiger partial charge in [-0.05, 0) is 54.7 Å². The van der Waals surface area contributed by atoms with Crippen molar-refractivity contribution in [1.82, 2.24) is 25.0 Å². The van der Waals surface area contributed by atoms with Crippen molar-refractivity contribution in [2.45, 2.75) is 32.4 Å². The number of benzene rings is 2. The Morgan fingerprint density at radius 3 is 2.47 bits per heavy atom. The number of hydrogen-bond acceptors (Lipinski definition) is 4. The molecule has 0 aliphatic carbocycles. The summed E-state index contributed by atoms with van der Waals surface area (Å²) in [4.78, 5) is 31.0. The molecule has 7 nitrogen and oxygen atoms in total. The number of hydrogen-bond donors (Lipinski definition) is 1. The molecule has 1 saturated heterocycles. The first-order valence-electron chi connectivity index (χ1n) is 10.3. The summed E-state index contributed by atoms with van der Waals surface area (Å²) in [6, 6.07) is 14.9. The molecular formula is C23H25N5O2. The van der Waals surface area contributed by atoms with E-state index in [9.17, 15) is 9.59 Å². The van der Waals surface area contributed by atoms with Gasteiger partial charge in [0.1, 0.15) is 12.7 Å². The van der Waals surface area contributed by atoms with E-state index in [-0.39, 0.29) is 11.8 Å². The quantitative estimate of drug-likeness (QED) is 0.686. The zero-order valence-corrected chi connectivity index (χ0v) is 16.8. The Hall–Kier alpha value is -3.48. The molecule has 0 bridgehead atoms. The van der Waals surface area contributed by atoms with Crippen LogP contribution >= 0.6 is 0 Å². The fourth-order valence-corrected chi connectivity index (χ4v) is 3.64. The molecule has 0 radical (unpaired) electrons. The molecule has 0 atom stereocenters. The number of carbonyl (C=O) groups is 2. The van der Waals surface area contributed by atoms with Crippen LogP contribution in [0.25, 0.3) is 0 Å². The molecule has 3 aromatic rings. The molecule has 2 aromatic carbocycles. The fourth-order valence-electron chi connectivity index (χ4n) is 3.64. The first-order chi connectivity index (χ1) is 14.7. The van der Waals surface area contributed by atoms with Crippen molar-refractivity contribution in [3.63, 3.8) is 0 Å². The molecule has 1 N–H and O–H groups in total. The number of piperidine rings is 1. The third-order valence-electron chi connectivity index (χ3n) is 5.30. The van der Waals surface area contributed by atoms with Crippen LogP contribution in [-0.4, -0.2) is 44.6 Å². The third-order valence-corrected chi connectivity index (χ3v) is 5.30. The molecule has 2 heterocycles. The maximum Gasteiger partial charge on any atom is 0.253 e. The standard InChI is InChI=1S/C23H25N5O2/c29-22(20-9-7-18(8-10-20)15-28-17-24-16-26-28)25-14-19-5-4-6-21(13-19)23(30)27-11-2-1-3-12-27/h4-10,13,16-17H,1-3,11-12,14-15H2,(H,25,29). The normalized spacial score (nSPS) is 13.8. The molecule has 30 heavy (non-hydrogen) atoms. The van der Waals surface area contributed by atoms with E-state index in [1.54, 1.807) is 23.1 Å². The van der Waals surface area contributed by atoms with Crippen LogP contribution in [0.5, 0.6) is 0 Å². The zero-order valence-electron chi connectivity index (χ0n) is 16.8. The summed E-state index contributed by atoms with van der Waals surface area (Å²) in [6.45, 7) is 2.64. The second kappa shape index (κ2) is 9.35. The van der Waals surface area contributed by atoms with Gasteiger partial charge in [-0.2, -0.15) is 5.10 Å². The number of carbonyl (C=O) groups excluding carboxylic acids is 2. The van der Waals surface area contributed by atoms with Crippen molar-refractivity contribution < 1.29 is 9.59 Å². The van der Waals surface area contributed by atoms with Crippen LogP contribution in [0.4, 0.5) is 0 Å². The van der Waals surface area contributed by atoms with Gasteiger partial charge in [-0.15, -0.1) is 0 Å². The Kier molecular flexibility index (Phi) is 6.17. The minimum absolute atomic E-state index is 0.0749. The van der Waals surface area contributed by atoms with E-state index in [0.29, 0.717) is 24.2 Å². The summed E-state index contributed by atoms with van der Waals surface area (Å²) in [5, 5.41) is 7.02. The Bertz CT molecular complexity index is 993. The second-order valence-corrected chi connectivity index (χ2v) is 7.53. The van der Waals surface area contributed by atoms with E-state index in [2.05, 4.69) is 15.4 Å². The molecule has 7 heteroatoms. The van der Waals surface area contributed by atoms with Gasteiger partial charge in [0, 0.05) is 30.8 Å².